The summed E-state index contributed by atoms with van der Waals surface area (Å²) in [5, 5.41) is 12.8. The molecule has 0 fully saturated rings. The van der Waals surface area contributed by atoms with Gasteiger partial charge in [-0.25, -0.2) is 19.9 Å². The molecule has 0 saturated heterocycles. The van der Waals surface area contributed by atoms with E-state index in [9.17, 15) is 0 Å². The number of para-hydroxylation sites is 2. The Morgan fingerprint density at radius 1 is 0.246 bits per heavy atom. The van der Waals surface area contributed by atoms with Crippen LogP contribution in [0.1, 0.15) is 0 Å². The SMILES string of the molecule is c1ccc(-c2ccc(-c3nc(-c4ccccc4)nc(-c4ccc(-c5nc6ccccc6c6c(-c7ccc8c9ccccc9c9ccccc9c8c7)c7c(cc56)oc5ccccc57)cc4)n3)cc2)cc1. The van der Waals surface area contributed by atoms with Gasteiger partial charge in [0, 0.05) is 54.7 Å². The number of benzene rings is 11. The zero-order valence-electron chi connectivity index (χ0n) is 37.1. The van der Waals surface area contributed by atoms with Crippen molar-refractivity contribution in [2.24, 2.45) is 0 Å². The molecule has 14 aromatic rings. The molecular formula is C64H38N4O. The minimum atomic E-state index is 0.594. The van der Waals surface area contributed by atoms with Crippen LogP contribution in [0.3, 0.4) is 0 Å². The third-order valence-electron chi connectivity index (χ3n) is 13.7. The first-order chi connectivity index (χ1) is 34.2. The van der Waals surface area contributed by atoms with E-state index in [1.54, 1.807) is 0 Å². The lowest BCUT2D eigenvalue weighted by molar-refractivity contribution is 0.669. The second-order valence-corrected chi connectivity index (χ2v) is 17.7. The highest BCUT2D eigenvalue weighted by molar-refractivity contribution is 6.30. The van der Waals surface area contributed by atoms with E-state index in [4.69, 9.17) is 24.4 Å². The lowest BCUT2D eigenvalue weighted by Crippen LogP contribution is -2.00. The average molecular weight is 879 g/mol. The molecule has 0 N–H and O–H groups in total. The van der Waals surface area contributed by atoms with Crippen LogP contribution in [0.4, 0.5) is 0 Å². The molecule has 5 nitrogen and oxygen atoms in total. The lowest BCUT2D eigenvalue weighted by atomic mass is 9.87. The van der Waals surface area contributed by atoms with Crippen molar-refractivity contribution in [3.05, 3.63) is 231 Å². The van der Waals surface area contributed by atoms with Gasteiger partial charge in [-0.2, -0.15) is 0 Å². The highest BCUT2D eigenvalue weighted by atomic mass is 16.3. The number of hydrogen-bond acceptors (Lipinski definition) is 5. The van der Waals surface area contributed by atoms with Crippen molar-refractivity contribution in [1.82, 2.24) is 19.9 Å². The van der Waals surface area contributed by atoms with Crippen molar-refractivity contribution in [2.45, 2.75) is 0 Å². The Bertz CT molecular complexity index is 4300. The van der Waals surface area contributed by atoms with Gasteiger partial charge in [0.1, 0.15) is 11.2 Å². The summed E-state index contributed by atoms with van der Waals surface area (Å²) < 4.78 is 6.79. The van der Waals surface area contributed by atoms with E-state index >= 15 is 0 Å². The van der Waals surface area contributed by atoms with Crippen LogP contribution in [0.25, 0.3) is 144 Å². The monoisotopic (exact) mass is 878 g/mol. The fourth-order valence-electron chi connectivity index (χ4n) is 10.5. The first-order valence-corrected chi connectivity index (χ1v) is 23.3. The fraction of sp³-hybridized carbons (Fsp3) is 0. The Labute approximate surface area is 396 Å². The van der Waals surface area contributed by atoms with Crippen LogP contribution in [0.15, 0.2) is 235 Å². The molecule has 0 aliphatic carbocycles. The number of furan rings is 1. The fourth-order valence-corrected chi connectivity index (χ4v) is 10.5. The molecule has 320 valence electrons. The quantitative estimate of drug-likeness (QED) is 0.156. The van der Waals surface area contributed by atoms with E-state index in [2.05, 4.69) is 188 Å². The van der Waals surface area contributed by atoms with Crippen molar-refractivity contribution in [3.8, 4) is 67.7 Å². The summed E-state index contributed by atoms with van der Waals surface area (Å²) in [6.07, 6.45) is 0. The Morgan fingerprint density at radius 2 is 0.681 bits per heavy atom. The third kappa shape index (κ3) is 6.40. The summed E-state index contributed by atoms with van der Waals surface area (Å²) in [4.78, 5) is 20.6. The Hall–Kier alpha value is -9.32. The molecule has 0 aliphatic heterocycles. The van der Waals surface area contributed by atoms with E-state index in [1.807, 2.05) is 42.5 Å². The molecule has 11 aromatic carbocycles. The number of rotatable bonds is 6. The molecular weight excluding hydrogens is 841 g/mol. The summed E-state index contributed by atoms with van der Waals surface area (Å²) in [7, 11) is 0. The summed E-state index contributed by atoms with van der Waals surface area (Å²) in [6, 6.07) is 81.1. The van der Waals surface area contributed by atoms with Gasteiger partial charge in [0.15, 0.2) is 17.5 Å². The van der Waals surface area contributed by atoms with Gasteiger partial charge in [-0.15, -0.1) is 0 Å². The normalized spacial score (nSPS) is 11.8. The van der Waals surface area contributed by atoms with Gasteiger partial charge >= 0.3 is 0 Å². The molecule has 0 bridgehead atoms. The van der Waals surface area contributed by atoms with Crippen molar-refractivity contribution >= 4 is 75.9 Å². The first-order valence-electron chi connectivity index (χ1n) is 23.3. The molecule has 0 spiro atoms. The molecule has 14 rings (SSSR count). The zero-order valence-corrected chi connectivity index (χ0v) is 37.1. The Balaban J connectivity index is 0.968. The topological polar surface area (TPSA) is 64.7 Å². The molecule has 3 aromatic heterocycles. The van der Waals surface area contributed by atoms with Gasteiger partial charge in [0.2, 0.25) is 0 Å². The number of pyridine rings is 1. The minimum absolute atomic E-state index is 0.594. The summed E-state index contributed by atoms with van der Waals surface area (Å²) in [5.41, 5.74) is 11.7. The smallest absolute Gasteiger partial charge is 0.164 e. The number of hydrogen-bond donors (Lipinski definition) is 0. The average Bonchev–Trinajstić information content (AvgIpc) is 3.81. The predicted octanol–water partition coefficient (Wildman–Crippen LogP) is 16.9. The number of aromatic nitrogens is 4. The summed E-state index contributed by atoms with van der Waals surface area (Å²) in [6.45, 7) is 0. The zero-order chi connectivity index (χ0) is 45.4. The van der Waals surface area contributed by atoms with E-state index in [-0.39, 0.29) is 0 Å². The van der Waals surface area contributed by atoms with Gasteiger partial charge in [-0.3, -0.25) is 0 Å². The highest BCUT2D eigenvalue weighted by Crippen LogP contribution is 2.48. The van der Waals surface area contributed by atoms with Crippen molar-refractivity contribution < 1.29 is 4.42 Å². The molecule has 5 heteroatoms. The van der Waals surface area contributed by atoms with Crippen LogP contribution >= 0.6 is 0 Å². The molecule has 0 unspecified atom stereocenters. The first kappa shape index (κ1) is 38.9. The highest BCUT2D eigenvalue weighted by Gasteiger charge is 2.23. The van der Waals surface area contributed by atoms with Gasteiger partial charge in [-0.1, -0.05) is 206 Å². The van der Waals surface area contributed by atoms with Gasteiger partial charge in [-0.05, 0) is 73.3 Å². The second-order valence-electron chi connectivity index (χ2n) is 17.7. The van der Waals surface area contributed by atoms with E-state index in [0.29, 0.717) is 17.5 Å². The summed E-state index contributed by atoms with van der Waals surface area (Å²) in [5.74, 6) is 1.82. The third-order valence-corrected chi connectivity index (χ3v) is 13.7. The Kier molecular flexibility index (Phi) is 8.83. The lowest BCUT2D eigenvalue weighted by Gasteiger charge is -2.17. The van der Waals surface area contributed by atoms with E-state index in [1.165, 1.54) is 32.3 Å². The maximum absolute atomic E-state index is 6.79. The standard InChI is InChI=1S/C64H38N4O/c1-3-15-39(16-4-1)40-27-31-43(32-28-40)63-66-62(42-17-5-2-6-18-42)67-64(68-63)44-33-29-41(30-34-44)61-54-38-57-60(52-24-12-14-26-56(52)69-57)58(59(54)51-23-11-13-25-55(51)65-61)45-35-36-50-48-21-8-7-19-46(48)47-20-9-10-22-49(47)53(50)37-45/h1-38H. The molecule has 0 amide bonds. The van der Waals surface area contributed by atoms with Crippen LogP contribution in [0, 0.1) is 0 Å². The van der Waals surface area contributed by atoms with E-state index in [0.717, 1.165) is 93.8 Å². The van der Waals surface area contributed by atoms with E-state index < -0.39 is 0 Å². The maximum atomic E-state index is 6.79. The van der Waals surface area contributed by atoms with Crippen LogP contribution in [-0.4, -0.2) is 19.9 Å². The second kappa shape index (κ2) is 15.7. The largest absolute Gasteiger partial charge is 0.456 e. The predicted molar refractivity (Wildman–Crippen MR) is 285 cm³/mol. The van der Waals surface area contributed by atoms with Crippen LogP contribution in [0.2, 0.25) is 0 Å². The minimum Gasteiger partial charge on any atom is -0.456 e. The van der Waals surface area contributed by atoms with Crippen molar-refractivity contribution in [1.29, 1.82) is 0 Å². The molecule has 0 aliphatic rings. The van der Waals surface area contributed by atoms with Gasteiger partial charge in [0.05, 0.1) is 11.2 Å². The van der Waals surface area contributed by atoms with Gasteiger partial charge in [0.25, 0.3) is 0 Å². The Morgan fingerprint density at radius 3 is 1.30 bits per heavy atom. The maximum Gasteiger partial charge on any atom is 0.164 e. The molecule has 69 heavy (non-hydrogen) atoms. The van der Waals surface area contributed by atoms with Crippen LogP contribution < -0.4 is 0 Å². The van der Waals surface area contributed by atoms with Crippen molar-refractivity contribution in [3.63, 3.8) is 0 Å². The molecule has 0 atom stereocenters. The number of fused-ring (bicyclic) bond motifs is 12. The molecule has 0 radical (unpaired) electrons. The van der Waals surface area contributed by atoms with Crippen LogP contribution in [0.5, 0.6) is 0 Å². The van der Waals surface area contributed by atoms with Crippen LogP contribution in [-0.2, 0) is 0 Å². The summed E-state index contributed by atoms with van der Waals surface area (Å²) >= 11 is 0. The van der Waals surface area contributed by atoms with Gasteiger partial charge < -0.3 is 4.42 Å². The number of nitrogens with zero attached hydrogens (tertiary/aromatic N) is 4. The molecule has 0 saturated carbocycles. The molecule has 3 heterocycles. The van der Waals surface area contributed by atoms with Crippen molar-refractivity contribution in [2.75, 3.05) is 0 Å².